The van der Waals surface area contributed by atoms with Crippen LogP contribution in [0, 0.1) is 6.42 Å². The first kappa shape index (κ1) is 16.8. The van der Waals surface area contributed by atoms with Crippen molar-refractivity contribution in [2.45, 2.75) is 6.42 Å². The van der Waals surface area contributed by atoms with E-state index in [1.807, 2.05) is 0 Å². The molecular formula is C16H13KY-. The van der Waals surface area contributed by atoms with Crippen LogP contribution >= 0.6 is 0 Å². The molecule has 2 radical (unpaired) electrons. The second-order valence-electron chi connectivity index (χ2n) is 4.07. The smallest absolute Gasteiger partial charge is 0 e. The molecule has 0 saturated carbocycles. The Hall–Kier alpha value is 0.790. The summed E-state index contributed by atoms with van der Waals surface area (Å²) in [6.07, 6.45) is 7.72. The number of hydrogen-bond acceptors (Lipinski definition) is 0. The summed E-state index contributed by atoms with van der Waals surface area (Å²) in [6.45, 7) is 0. The number of hydrogen-bond donors (Lipinski definition) is 0. The van der Waals surface area contributed by atoms with Crippen LogP contribution in [0.3, 0.4) is 0 Å². The van der Waals surface area contributed by atoms with E-state index in [-0.39, 0.29) is 84.1 Å². The van der Waals surface area contributed by atoms with Crippen molar-refractivity contribution in [2.75, 3.05) is 0 Å². The minimum Gasteiger partial charge on any atom is -0.185 e. The molecule has 0 fully saturated rings. The molecule has 0 atom stereocenters. The fourth-order valence-corrected chi connectivity index (χ4v) is 2.13. The Morgan fingerprint density at radius 3 is 2.22 bits per heavy atom. The summed E-state index contributed by atoms with van der Waals surface area (Å²) in [5.41, 5.74) is 5.35. The van der Waals surface area contributed by atoms with Gasteiger partial charge in [0.2, 0.25) is 0 Å². The Labute approximate surface area is 177 Å². The topological polar surface area (TPSA) is 0 Å². The van der Waals surface area contributed by atoms with Crippen molar-refractivity contribution in [3.8, 4) is 0 Å². The summed E-state index contributed by atoms with van der Waals surface area (Å²) in [5.74, 6) is 0. The Bertz CT molecular complexity index is 497. The van der Waals surface area contributed by atoms with Crippen LogP contribution in [0.5, 0.6) is 0 Å². The van der Waals surface area contributed by atoms with E-state index < -0.39 is 0 Å². The molecule has 2 aromatic carbocycles. The molecule has 0 aromatic heterocycles. The molecule has 1 aliphatic rings. The van der Waals surface area contributed by atoms with Gasteiger partial charge in [0.1, 0.15) is 0 Å². The fraction of sp³-hybridized carbons (Fsp3) is 0.0625. The number of rotatable bonds is 0. The zero-order valence-electron chi connectivity index (χ0n) is 10.6. The quantitative estimate of drug-likeness (QED) is 0.511. The van der Waals surface area contributed by atoms with Crippen molar-refractivity contribution in [2.24, 2.45) is 0 Å². The zero-order chi connectivity index (χ0) is 10.8. The summed E-state index contributed by atoms with van der Waals surface area (Å²) >= 11 is 0. The van der Waals surface area contributed by atoms with Crippen LogP contribution in [0.1, 0.15) is 22.3 Å². The average molecular weight is 333 g/mol. The van der Waals surface area contributed by atoms with E-state index in [0.29, 0.717) is 0 Å². The first-order valence-electron chi connectivity index (χ1n) is 5.62. The summed E-state index contributed by atoms with van der Waals surface area (Å²) < 4.78 is 0. The van der Waals surface area contributed by atoms with Gasteiger partial charge in [-0.05, 0) is 11.1 Å². The molecule has 0 bridgehead atoms. The van der Waals surface area contributed by atoms with Crippen molar-refractivity contribution in [3.05, 3.63) is 77.2 Å². The van der Waals surface area contributed by atoms with Crippen LogP contribution in [0.15, 0.2) is 48.5 Å². The molecule has 0 unspecified atom stereocenters. The first-order chi connectivity index (χ1) is 7.93. The normalized spacial score (nSPS) is 13.3. The third-order valence-corrected chi connectivity index (χ3v) is 3.04. The molecule has 0 amide bonds. The van der Waals surface area contributed by atoms with E-state index in [1.54, 1.807) is 0 Å². The van der Waals surface area contributed by atoms with Crippen LogP contribution < -0.4 is 0 Å². The van der Waals surface area contributed by atoms with E-state index in [9.17, 15) is 0 Å². The maximum atomic E-state index is 2.30. The molecular weight excluding hydrogens is 320 g/mol. The van der Waals surface area contributed by atoms with Crippen molar-refractivity contribution < 1.29 is 32.7 Å². The van der Waals surface area contributed by atoms with E-state index in [4.69, 9.17) is 0 Å². The summed E-state index contributed by atoms with van der Waals surface area (Å²) in [5, 5.41) is 0. The molecule has 0 N–H and O–H groups in total. The summed E-state index contributed by atoms with van der Waals surface area (Å²) in [4.78, 5) is 0. The minimum absolute atomic E-state index is 0. The Balaban J connectivity index is 0.000000810. The van der Waals surface area contributed by atoms with Gasteiger partial charge in [0, 0.05) is 84.1 Å². The predicted octanol–water partition coefficient (Wildman–Crippen LogP) is 3.58. The first-order valence-corrected chi connectivity index (χ1v) is 5.62. The molecule has 82 valence electrons. The molecule has 2 aromatic rings. The molecule has 0 nitrogen and oxygen atoms in total. The molecule has 0 heterocycles. The minimum atomic E-state index is 0. The van der Waals surface area contributed by atoms with Crippen molar-refractivity contribution in [3.63, 3.8) is 0 Å². The van der Waals surface area contributed by atoms with E-state index in [0.717, 1.165) is 6.42 Å². The van der Waals surface area contributed by atoms with Crippen LogP contribution in [0.25, 0.3) is 12.2 Å². The van der Waals surface area contributed by atoms with Gasteiger partial charge in [0.05, 0.1) is 0 Å². The van der Waals surface area contributed by atoms with Gasteiger partial charge >= 0.3 is 0 Å². The Kier molecular flexibility index (Phi) is 7.64. The summed E-state index contributed by atoms with van der Waals surface area (Å²) in [6, 6.07) is 17.1. The molecule has 1 aliphatic carbocycles. The largest absolute Gasteiger partial charge is 0.185 e. The number of fused-ring (bicyclic) bond motifs is 2. The van der Waals surface area contributed by atoms with Gasteiger partial charge in [-0.25, -0.2) is 0 Å². The van der Waals surface area contributed by atoms with Crippen molar-refractivity contribution in [1.29, 1.82) is 0 Å². The zero-order valence-corrected chi connectivity index (χ0v) is 16.6. The standard InChI is InChI=1S/C16H13.K.Y/c1-2-6-14-11-12-16-8-4-3-7-15(16)10-9-13(14)5-1;;/h1-11H,12H2;;/q-1;;/b10-9-;;. The Morgan fingerprint density at radius 1 is 0.778 bits per heavy atom. The summed E-state index contributed by atoms with van der Waals surface area (Å²) in [7, 11) is 0. The van der Waals surface area contributed by atoms with Crippen LogP contribution in [-0.2, 0) is 39.1 Å². The van der Waals surface area contributed by atoms with Gasteiger partial charge in [-0.15, -0.1) is 23.8 Å². The Morgan fingerprint density at radius 2 is 1.39 bits per heavy atom. The molecule has 0 aliphatic heterocycles. The number of benzene rings is 2. The second-order valence-corrected chi connectivity index (χ2v) is 4.07. The van der Waals surface area contributed by atoms with Gasteiger partial charge in [-0.3, -0.25) is 0 Å². The molecule has 0 saturated heterocycles. The molecule has 0 spiro atoms. The van der Waals surface area contributed by atoms with E-state index >= 15 is 0 Å². The van der Waals surface area contributed by atoms with Crippen LogP contribution in [0.2, 0.25) is 0 Å². The molecule has 2 heteroatoms. The third-order valence-electron chi connectivity index (χ3n) is 3.04. The SMILES string of the molecule is C1=C\c2ccccc2C[CH-]c2ccccc2/1.[K].[Y]. The van der Waals surface area contributed by atoms with Gasteiger partial charge in [0.15, 0.2) is 0 Å². The maximum absolute atomic E-state index is 2.30. The van der Waals surface area contributed by atoms with Gasteiger partial charge < -0.3 is 0 Å². The maximum Gasteiger partial charge on any atom is 0 e. The third kappa shape index (κ3) is 3.89. The van der Waals surface area contributed by atoms with Crippen molar-refractivity contribution in [1.82, 2.24) is 0 Å². The van der Waals surface area contributed by atoms with E-state index in [1.165, 1.54) is 22.3 Å². The monoisotopic (exact) mass is 333 g/mol. The van der Waals surface area contributed by atoms with Crippen LogP contribution in [-0.4, -0.2) is 51.4 Å². The van der Waals surface area contributed by atoms with Gasteiger partial charge in [0.25, 0.3) is 0 Å². The fourth-order valence-electron chi connectivity index (χ4n) is 2.13. The van der Waals surface area contributed by atoms with Gasteiger partial charge in [-0.2, -0.15) is 18.1 Å². The molecule has 18 heavy (non-hydrogen) atoms. The van der Waals surface area contributed by atoms with Crippen LogP contribution in [0.4, 0.5) is 0 Å². The van der Waals surface area contributed by atoms with Gasteiger partial charge in [-0.1, -0.05) is 42.8 Å². The van der Waals surface area contributed by atoms with Crippen molar-refractivity contribution >= 4 is 63.5 Å². The van der Waals surface area contributed by atoms with E-state index in [2.05, 4.69) is 67.1 Å². The molecule has 3 rings (SSSR count). The second kappa shape index (κ2) is 8.16. The average Bonchev–Trinajstić information content (AvgIpc) is 2.32. The predicted molar refractivity (Wildman–Crippen MR) is 74.7 cm³/mol.